The summed E-state index contributed by atoms with van der Waals surface area (Å²) in [6.45, 7) is 0. The monoisotopic (exact) mass is 689 g/mol. The number of benzene rings is 7. The summed E-state index contributed by atoms with van der Waals surface area (Å²) < 4.78 is 4.42. The van der Waals surface area contributed by atoms with Gasteiger partial charge in [-0.05, 0) is 35.4 Å². The van der Waals surface area contributed by atoms with Crippen molar-refractivity contribution >= 4 is 110 Å². The van der Waals surface area contributed by atoms with Crippen LogP contribution in [0.2, 0.25) is 0 Å². The van der Waals surface area contributed by atoms with E-state index in [1.165, 1.54) is 0 Å². The van der Waals surface area contributed by atoms with Crippen molar-refractivity contribution in [3.63, 3.8) is 0 Å². The highest BCUT2D eigenvalue weighted by atomic mass is 15.2. The van der Waals surface area contributed by atoms with E-state index in [2.05, 4.69) is 106 Å². The number of nitrogens with zero attached hydrogens (tertiary/aromatic N) is 5. The van der Waals surface area contributed by atoms with Gasteiger partial charge in [-0.15, -0.1) is 16.4 Å². The van der Waals surface area contributed by atoms with E-state index in [0.717, 1.165) is 66.0 Å². The highest BCUT2D eigenvalue weighted by molar-refractivity contribution is 6.68. The van der Waals surface area contributed by atoms with Crippen molar-refractivity contribution < 1.29 is 0 Å². The van der Waals surface area contributed by atoms with Crippen LogP contribution in [-0.4, -0.2) is 63.3 Å². The van der Waals surface area contributed by atoms with E-state index < -0.39 is 0 Å². The molecule has 0 N–H and O–H groups in total. The van der Waals surface area contributed by atoms with Crippen LogP contribution in [0, 0.1) is 0 Å². The maximum absolute atomic E-state index is 6.66. The molecule has 0 spiro atoms. The molecule has 0 atom stereocenters. The Kier molecular flexibility index (Phi) is 7.70. The minimum Gasteiger partial charge on any atom is -0.307 e. The van der Waals surface area contributed by atoms with E-state index in [1.54, 1.807) is 0 Å². The third-order valence-electron chi connectivity index (χ3n) is 10.5. The average molecular weight is 689 g/mol. The van der Waals surface area contributed by atoms with E-state index in [-0.39, 0.29) is 33.1 Å². The van der Waals surface area contributed by atoms with Crippen molar-refractivity contribution in [3.05, 3.63) is 146 Å². The summed E-state index contributed by atoms with van der Waals surface area (Å²) in [5.74, 6) is 0.986. The first-order chi connectivity index (χ1) is 26.9. The van der Waals surface area contributed by atoms with Gasteiger partial charge in [0.1, 0.15) is 39.2 Å². The van der Waals surface area contributed by atoms with Gasteiger partial charge in [0.15, 0.2) is 11.6 Å². The highest BCUT2D eigenvalue weighted by Crippen LogP contribution is 2.41. The maximum atomic E-state index is 6.66. The van der Waals surface area contributed by atoms with Gasteiger partial charge in [-0.2, -0.15) is 9.97 Å². The molecule has 10 rings (SSSR count). The van der Waals surface area contributed by atoms with Crippen LogP contribution in [0.5, 0.6) is 0 Å². The van der Waals surface area contributed by atoms with Crippen molar-refractivity contribution in [2.24, 2.45) is 0 Å². The molecule has 5 nitrogen and oxygen atoms in total. The summed E-state index contributed by atoms with van der Waals surface area (Å²) in [4.78, 5) is 15.4. The molecule has 0 bridgehead atoms. The molecular weight excluding hydrogens is 665 g/mol. The second-order valence-corrected chi connectivity index (χ2v) is 13.6. The number of rotatable bonds is 5. The number of aromatic nitrogens is 5. The summed E-state index contributed by atoms with van der Waals surface area (Å²) in [7, 11) is 32.3. The molecule has 0 amide bonds. The van der Waals surface area contributed by atoms with Gasteiger partial charge in [0.25, 0.3) is 0 Å². The molecule has 0 fully saturated rings. The van der Waals surface area contributed by atoms with Crippen LogP contribution in [0.4, 0.5) is 0 Å². The summed E-state index contributed by atoms with van der Waals surface area (Å²) in [6.07, 6.45) is 0. The van der Waals surface area contributed by atoms with Crippen molar-refractivity contribution in [1.82, 2.24) is 24.1 Å². The number of para-hydroxylation sites is 3. The molecular formula is C45H24B5N5. The van der Waals surface area contributed by atoms with Crippen LogP contribution in [0.25, 0.3) is 89.2 Å². The zero-order valence-electron chi connectivity index (χ0n) is 29.5. The van der Waals surface area contributed by atoms with Gasteiger partial charge in [0.2, 0.25) is 5.95 Å². The second kappa shape index (κ2) is 12.8. The molecule has 3 heterocycles. The zero-order chi connectivity index (χ0) is 37.4. The van der Waals surface area contributed by atoms with Gasteiger partial charge < -0.3 is 4.57 Å². The van der Waals surface area contributed by atoms with Crippen molar-refractivity contribution in [2.75, 3.05) is 0 Å². The molecule has 10 radical (unpaired) electrons. The first-order valence-electron chi connectivity index (χ1n) is 17.8. The minimum absolute atomic E-state index is 0.114. The number of hydrogen-bond acceptors (Lipinski definition) is 3. The lowest BCUT2D eigenvalue weighted by Gasteiger charge is -2.21. The fourth-order valence-corrected chi connectivity index (χ4v) is 7.79. The first kappa shape index (κ1) is 33.1. The van der Waals surface area contributed by atoms with Gasteiger partial charge in [0, 0.05) is 38.4 Å². The second-order valence-electron chi connectivity index (χ2n) is 13.6. The molecule has 10 heteroatoms. The van der Waals surface area contributed by atoms with Crippen LogP contribution in [0.3, 0.4) is 0 Å². The topological polar surface area (TPSA) is 48.5 Å². The Hall–Kier alpha value is -6.53. The van der Waals surface area contributed by atoms with Crippen LogP contribution >= 0.6 is 0 Å². The van der Waals surface area contributed by atoms with Gasteiger partial charge in [0.05, 0.1) is 22.1 Å². The number of hydrogen-bond donors (Lipinski definition) is 0. The van der Waals surface area contributed by atoms with Gasteiger partial charge in [-0.25, -0.2) is 4.98 Å². The van der Waals surface area contributed by atoms with E-state index in [4.69, 9.17) is 54.2 Å². The third kappa shape index (κ3) is 5.12. The third-order valence-corrected chi connectivity index (χ3v) is 10.5. The minimum atomic E-state index is 0.114. The number of fused-ring (bicyclic) bond motifs is 7. The Morgan fingerprint density at radius 3 is 1.42 bits per heavy atom. The lowest BCUT2D eigenvalue weighted by molar-refractivity contribution is 0.955. The smallest absolute Gasteiger partial charge is 0.238 e. The van der Waals surface area contributed by atoms with Crippen LogP contribution in [0.15, 0.2) is 146 Å². The van der Waals surface area contributed by atoms with Crippen molar-refractivity contribution in [3.8, 4) is 45.5 Å². The summed E-state index contributed by atoms with van der Waals surface area (Å²) in [5, 5.41) is 4.30. The average Bonchev–Trinajstić information content (AvgIpc) is 3.76. The molecule has 0 aliphatic rings. The standard InChI is InChI=1S/C45H24B5N5/c46-36-35(37(47)39(49)40(50)38(36)48)44-51-43(27-21-19-26(20-22-27)25-11-3-1-4-12-25)52-45(53-44)55-34-18-10-8-16-30(34)32-24-23-31-29-15-7-9-17-33(29)54(41(31)42(32)55)28-13-5-2-6-14-28/h1-24H. The Bertz CT molecular complexity index is 3110. The molecule has 0 unspecified atom stereocenters. The van der Waals surface area contributed by atoms with Gasteiger partial charge >= 0.3 is 0 Å². The molecule has 0 saturated carbocycles. The van der Waals surface area contributed by atoms with Crippen LogP contribution < -0.4 is 27.3 Å². The normalized spacial score (nSPS) is 11.6. The summed E-state index contributed by atoms with van der Waals surface area (Å²) in [6, 6.07) is 49.8. The van der Waals surface area contributed by atoms with Crippen molar-refractivity contribution in [1.29, 1.82) is 0 Å². The fraction of sp³-hybridized carbons (Fsp3) is 0. The fourth-order valence-electron chi connectivity index (χ4n) is 7.79. The molecule has 10 aromatic rings. The Labute approximate surface area is 324 Å². The highest BCUT2D eigenvalue weighted by Gasteiger charge is 2.24. The molecule has 55 heavy (non-hydrogen) atoms. The lowest BCUT2D eigenvalue weighted by atomic mass is 9.60. The van der Waals surface area contributed by atoms with Gasteiger partial charge in [-0.3, -0.25) is 4.57 Å². The molecule has 7 aromatic carbocycles. The Balaban J connectivity index is 1.33. The molecule has 0 saturated heterocycles. The molecule has 244 valence electrons. The zero-order valence-corrected chi connectivity index (χ0v) is 29.5. The molecule has 0 aliphatic carbocycles. The van der Waals surface area contributed by atoms with E-state index in [0.29, 0.717) is 17.3 Å². The van der Waals surface area contributed by atoms with E-state index >= 15 is 0 Å². The van der Waals surface area contributed by atoms with Crippen molar-refractivity contribution in [2.45, 2.75) is 0 Å². The first-order valence-corrected chi connectivity index (χ1v) is 17.8. The van der Waals surface area contributed by atoms with Crippen LogP contribution in [-0.2, 0) is 0 Å². The Morgan fingerprint density at radius 1 is 0.345 bits per heavy atom. The summed E-state index contributed by atoms with van der Waals surface area (Å²) in [5.41, 5.74) is 8.80. The predicted molar refractivity (Wildman–Crippen MR) is 232 cm³/mol. The van der Waals surface area contributed by atoms with E-state index in [1.807, 2.05) is 48.5 Å². The SMILES string of the molecule is [B]c1c([B])c([B])c(-c2nc(-c3ccc(-c4ccccc4)cc3)nc(-n3c4ccccc4c4ccc5c6ccccc6n(-c6ccccc6)c5c43)n2)c([B])c1[B]. The molecule has 3 aromatic heterocycles. The largest absolute Gasteiger partial charge is 0.307 e. The Morgan fingerprint density at radius 2 is 0.800 bits per heavy atom. The lowest BCUT2D eigenvalue weighted by Crippen LogP contribution is -2.55. The molecule has 0 aliphatic heterocycles. The van der Waals surface area contributed by atoms with Gasteiger partial charge in [-0.1, -0.05) is 132 Å². The summed E-state index contributed by atoms with van der Waals surface area (Å²) >= 11 is 0. The van der Waals surface area contributed by atoms with Crippen LogP contribution in [0.1, 0.15) is 0 Å². The maximum Gasteiger partial charge on any atom is 0.238 e. The quantitative estimate of drug-likeness (QED) is 0.239. The van der Waals surface area contributed by atoms with E-state index in [9.17, 15) is 0 Å². The predicted octanol–water partition coefficient (Wildman–Crippen LogP) is 5.04.